The zero-order chi connectivity index (χ0) is 4.12. The Morgan fingerprint density at radius 1 is 1.17 bits per heavy atom. The predicted octanol–water partition coefficient (Wildman–Crippen LogP) is 1.32. The van der Waals surface area contributed by atoms with Crippen LogP contribution in [0.2, 0.25) is 0 Å². The van der Waals surface area contributed by atoms with Gasteiger partial charge in [-0.05, 0) is 12.3 Å². The van der Waals surface area contributed by atoms with Crippen molar-refractivity contribution in [3.05, 3.63) is 0 Å². The van der Waals surface area contributed by atoms with Crippen LogP contribution in [0.15, 0.2) is 0 Å². The Morgan fingerprint density at radius 2 is 1.50 bits per heavy atom. The Morgan fingerprint density at radius 3 is 1.50 bits per heavy atom. The summed E-state index contributed by atoms with van der Waals surface area (Å²) in [5, 5.41) is 0. The molecule has 2 heteroatoms. The van der Waals surface area contributed by atoms with E-state index < -0.39 is 0 Å². The smallest absolute Gasteiger partial charge is 0 e. The van der Waals surface area contributed by atoms with Crippen molar-refractivity contribution in [1.82, 2.24) is 0 Å². The van der Waals surface area contributed by atoms with Gasteiger partial charge in [-0.15, -0.1) is 8.58 Å². The Hall–Kier alpha value is 0.495. The van der Waals surface area contributed by atoms with E-state index in [1.54, 1.807) is 0 Å². The molecule has 0 N–H and O–H groups in total. The molecule has 3 radical (unpaired) electrons. The summed E-state index contributed by atoms with van der Waals surface area (Å²) in [4.78, 5) is 0. The maximum Gasteiger partial charge on any atom is 0 e. The summed E-state index contributed by atoms with van der Waals surface area (Å²) >= 11 is 0. The van der Waals surface area contributed by atoms with Gasteiger partial charge in [0.15, 0.2) is 0 Å². The van der Waals surface area contributed by atoms with Crippen LogP contribution in [0.3, 0.4) is 0 Å². The van der Waals surface area contributed by atoms with Gasteiger partial charge in [0.25, 0.3) is 0 Å². The molecule has 0 saturated heterocycles. The average molecular weight is 101 g/mol. The normalized spacial score (nSPS) is 7.00. The van der Waals surface area contributed by atoms with Crippen molar-refractivity contribution < 1.29 is 0 Å². The summed E-state index contributed by atoms with van der Waals surface area (Å²) in [6.07, 6.45) is 2.74. The van der Waals surface area contributed by atoms with Gasteiger partial charge >= 0.3 is 0 Å². The lowest BCUT2D eigenvalue weighted by atomic mass is 10.8. The summed E-state index contributed by atoms with van der Waals surface area (Å²) in [5.74, 6) is 0. The van der Waals surface area contributed by atoms with Crippen molar-refractivity contribution in [3.63, 3.8) is 0 Å². The van der Waals surface area contributed by atoms with E-state index in [0.717, 1.165) is 0 Å². The Kier molecular flexibility index (Phi) is 14.7. The van der Waals surface area contributed by atoms with Crippen LogP contribution in [-0.4, -0.2) is 20.7 Å². The van der Waals surface area contributed by atoms with E-state index in [1.807, 2.05) is 0 Å². The molecule has 0 aromatic heterocycles. The maximum absolute atomic E-state index is 2.22. The summed E-state index contributed by atoms with van der Waals surface area (Å²) in [6, 6.07) is 0. The molecule has 0 saturated carbocycles. The minimum absolute atomic E-state index is 0. The van der Waals surface area contributed by atoms with Gasteiger partial charge < -0.3 is 0 Å². The summed E-state index contributed by atoms with van der Waals surface area (Å²) in [6.45, 7) is 4.45. The fraction of sp³-hybridized carbons (Fsp3) is 1.00. The third-order valence-electron chi connectivity index (χ3n) is 0.500. The molecule has 0 unspecified atom stereocenters. The van der Waals surface area contributed by atoms with Crippen LogP contribution in [0, 0.1) is 0 Å². The minimum Gasteiger partial charge on any atom is -0.123 e. The molecular weight excluding hydrogens is 89.8 g/mol. The number of rotatable bonds is 2. The molecule has 0 nitrogen and oxygen atoms in total. The van der Waals surface area contributed by atoms with Crippen LogP contribution < -0.4 is 0 Å². The number of hydrogen-bond acceptors (Lipinski definition) is 0. The Bertz CT molecular complexity index is 15.0. The first-order chi connectivity index (χ1) is 2.41. The molecule has 0 amide bonds. The fourth-order valence-corrected chi connectivity index (χ4v) is 0.750. The van der Waals surface area contributed by atoms with Gasteiger partial charge in [-0.3, -0.25) is 0 Å². The molecule has 0 aromatic carbocycles. The first-order valence-electron chi connectivity index (χ1n) is 2.12. The molecule has 0 aromatic rings. The standard InChI is InChI=1S/C4H11P.B/c1-3-5-4-2;/h5H,3-4H2,1-2H3;. The van der Waals surface area contributed by atoms with Crippen LogP contribution in [0.4, 0.5) is 0 Å². The van der Waals surface area contributed by atoms with Gasteiger partial charge in [-0.1, -0.05) is 13.8 Å². The predicted molar refractivity (Wildman–Crippen MR) is 35.2 cm³/mol. The largest absolute Gasteiger partial charge is 0.123 e. The third-order valence-corrected chi connectivity index (χ3v) is 1.50. The molecule has 0 aliphatic rings. The highest BCUT2D eigenvalue weighted by atomic mass is 31.1. The third kappa shape index (κ3) is 8.82. The van der Waals surface area contributed by atoms with E-state index in [4.69, 9.17) is 0 Å². The molecule has 0 spiro atoms. The van der Waals surface area contributed by atoms with E-state index in [-0.39, 0.29) is 8.41 Å². The molecule has 0 heterocycles. The SMILES string of the molecule is CCPCC.[B]. The van der Waals surface area contributed by atoms with Crippen molar-refractivity contribution >= 4 is 17.0 Å². The monoisotopic (exact) mass is 101 g/mol. The lowest BCUT2D eigenvalue weighted by molar-refractivity contribution is 1.44. The number of hydrogen-bond donors (Lipinski definition) is 0. The van der Waals surface area contributed by atoms with E-state index >= 15 is 0 Å². The molecule has 0 fully saturated rings. The molecule has 0 aliphatic heterocycles. The Balaban J connectivity index is 0. The first-order valence-corrected chi connectivity index (χ1v) is 3.54. The van der Waals surface area contributed by atoms with Crippen LogP contribution in [0.5, 0.6) is 0 Å². The summed E-state index contributed by atoms with van der Waals surface area (Å²) in [5.41, 5.74) is 0. The highest BCUT2D eigenvalue weighted by Gasteiger charge is 1.66. The molecule has 0 atom stereocenters. The lowest BCUT2D eigenvalue weighted by Gasteiger charge is -1.80. The zero-order valence-corrected chi connectivity index (χ0v) is 5.49. The van der Waals surface area contributed by atoms with Crippen LogP contribution >= 0.6 is 8.58 Å². The van der Waals surface area contributed by atoms with Gasteiger partial charge in [0, 0.05) is 8.41 Å². The molecule has 0 bridgehead atoms. The van der Waals surface area contributed by atoms with Crippen LogP contribution in [-0.2, 0) is 0 Å². The second-order valence-corrected chi connectivity index (χ2v) is 2.87. The van der Waals surface area contributed by atoms with Crippen molar-refractivity contribution in [3.8, 4) is 0 Å². The van der Waals surface area contributed by atoms with E-state index in [0.29, 0.717) is 0 Å². The average Bonchev–Trinajstić information content (AvgIpc) is 1.41. The van der Waals surface area contributed by atoms with Crippen LogP contribution in [0.25, 0.3) is 0 Å². The summed E-state index contributed by atoms with van der Waals surface area (Å²) in [7, 11) is 1.20. The first kappa shape index (κ1) is 9.71. The second kappa shape index (κ2) is 9.09. The summed E-state index contributed by atoms with van der Waals surface area (Å²) < 4.78 is 0. The van der Waals surface area contributed by atoms with Crippen molar-refractivity contribution in [1.29, 1.82) is 0 Å². The van der Waals surface area contributed by atoms with Crippen molar-refractivity contribution in [2.24, 2.45) is 0 Å². The maximum atomic E-state index is 2.22. The second-order valence-electron chi connectivity index (χ2n) is 0.957. The van der Waals surface area contributed by atoms with E-state index in [9.17, 15) is 0 Å². The molecule has 0 aliphatic carbocycles. The zero-order valence-electron chi connectivity index (χ0n) is 4.49. The highest BCUT2D eigenvalue weighted by molar-refractivity contribution is 7.37. The molecule has 35 valence electrons. The fourth-order valence-electron chi connectivity index (χ4n) is 0.250. The van der Waals surface area contributed by atoms with E-state index in [2.05, 4.69) is 13.8 Å². The topological polar surface area (TPSA) is 0 Å². The van der Waals surface area contributed by atoms with Gasteiger partial charge in [0.05, 0.1) is 0 Å². The van der Waals surface area contributed by atoms with E-state index in [1.165, 1.54) is 20.9 Å². The highest BCUT2D eigenvalue weighted by Crippen LogP contribution is 2.03. The molecular formula is C4H11BP. The van der Waals surface area contributed by atoms with Crippen molar-refractivity contribution in [2.75, 3.05) is 12.3 Å². The molecule has 0 rings (SSSR count). The van der Waals surface area contributed by atoms with Crippen LogP contribution in [0.1, 0.15) is 13.8 Å². The molecule has 6 heavy (non-hydrogen) atoms. The Labute approximate surface area is 44.1 Å². The van der Waals surface area contributed by atoms with Crippen molar-refractivity contribution in [2.45, 2.75) is 13.8 Å². The van der Waals surface area contributed by atoms with Gasteiger partial charge in [0.2, 0.25) is 0 Å². The minimum atomic E-state index is 0. The lowest BCUT2D eigenvalue weighted by Crippen LogP contribution is -1.59. The van der Waals surface area contributed by atoms with Gasteiger partial charge in [-0.25, -0.2) is 0 Å². The van der Waals surface area contributed by atoms with Gasteiger partial charge in [-0.2, -0.15) is 0 Å². The quantitative estimate of drug-likeness (QED) is 0.363. The van der Waals surface area contributed by atoms with Gasteiger partial charge in [0.1, 0.15) is 0 Å².